The molecule has 0 aliphatic heterocycles. The van der Waals surface area contributed by atoms with Crippen LogP contribution in [-0.4, -0.2) is 11.7 Å². The zero-order chi connectivity index (χ0) is 13.8. The van der Waals surface area contributed by atoms with Crippen molar-refractivity contribution in [3.8, 4) is 0 Å². The molecule has 0 aliphatic rings. The SMILES string of the molecule is CCC(C)(C)OC(=O)N[C@H](C)c1ccc(Br)cc1. The molecular weight excluding hydrogens is 294 g/mol. The van der Waals surface area contributed by atoms with Crippen LogP contribution in [0.2, 0.25) is 0 Å². The second kappa shape index (κ2) is 6.23. The van der Waals surface area contributed by atoms with E-state index in [1.165, 1.54) is 0 Å². The summed E-state index contributed by atoms with van der Waals surface area (Å²) in [5.74, 6) is 0. The third-order valence-corrected chi connectivity index (χ3v) is 3.45. The third-order valence-electron chi connectivity index (χ3n) is 2.92. The number of hydrogen-bond donors (Lipinski definition) is 1. The average Bonchev–Trinajstić information content (AvgIpc) is 2.29. The Hall–Kier alpha value is -1.03. The quantitative estimate of drug-likeness (QED) is 0.893. The molecule has 1 atom stereocenters. The molecule has 1 aromatic rings. The van der Waals surface area contributed by atoms with Gasteiger partial charge in [0, 0.05) is 4.47 Å². The van der Waals surface area contributed by atoms with Crippen molar-refractivity contribution in [3.05, 3.63) is 34.3 Å². The standard InChI is InChI=1S/C14H20BrNO2/c1-5-14(3,4)18-13(17)16-10(2)11-6-8-12(15)9-7-11/h6-10H,5H2,1-4H3,(H,16,17)/t10-/m1/s1. The van der Waals surface area contributed by atoms with Crippen molar-refractivity contribution in [2.45, 2.75) is 45.8 Å². The largest absolute Gasteiger partial charge is 0.444 e. The number of nitrogens with one attached hydrogen (secondary N) is 1. The van der Waals surface area contributed by atoms with Gasteiger partial charge in [0.25, 0.3) is 0 Å². The van der Waals surface area contributed by atoms with E-state index in [0.717, 1.165) is 16.5 Å². The van der Waals surface area contributed by atoms with Gasteiger partial charge in [-0.2, -0.15) is 0 Å². The second-order valence-electron chi connectivity index (χ2n) is 4.92. The summed E-state index contributed by atoms with van der Waals surface area (Å²) in [5.41, 5.74) is 0.619. The Morgan fingerprint density at radius 2 is 1.94 bits per heavy atom. The molecule has 100 valence electrons. The predicted molar refractivity (Wildman–Crippen MR) is 76.5 cm³/mol. The molecule has 0 radical (unpaired) electrons. The molecule has 0 heterocycles. The first-order chi connectivity index (χ1) is 8.34. The molecule has 18 heavy (non-hydrogen) atoms. The molecule has 0 saturated heterocycles. The number of ether oxygens (including phenoxy) is 1. The summed E-state index contributed by atoms with van der Waals surface area (Å²) in [6.07, 6.45) is 0.407. The van der Waals surface area contributed by atoms with E-state index >= 15 is 0 Å². The van der Waals surface area contributed by atoms with Crippen molar-refractivity contribution in [1.82, 2.24) is 5.32 Å². The fourth-order valence-electron chi connectivity index (χ4n) is 1.36. The van der Waals surface area contributed by atoms with Crippen molar-refractivity contribution in [2.24, 2.45) is 0 Å². The lowest BCUT2D eigenvalue weighted by Gasteiger charge is -2.24. The Labute approximate surface area is 117 Å². The van der Waals surface area contributed by atoms with Crippen molar-refractivity contribution in [1.29, 1.82) is 0 Å². The van der Waals surface area contributed by atoms with Crippen LogP contribution in [0.3, 0.4) is 0 Å². The lowest BCUT2D eigenvalue weighted by Crippen LogP contribution is -2.35. The first kappa shape index (κ1) is 15.0. The first-order valence-electron chi connectivity index (χ1n) is 6.09. The monoisotopic (exact) mass is 313 g/mol. The molecule has 1 rings (SSSR count). The molecule has 0 bridgehead atoms. The van der Waals surface area contributed by atoms with E-state index < -0.39 is 5.60 Å². The molecule has 3 nitrogen and oxygen atoms in total. The van der Waals surface area contributed by atoms with Gasteiger partial charge in [0.2, 0.25) is 0 Å². The van der Waals surface area contributed by atoms with Crippen LogP contribution in [0.15, 0.2) is 28.7 Å². The highest BCUT2D eigenvalue weighted by molar-refractivity contribution is 9.10. The fraction of sp³-hybridized carbons (Fsp3) is 0.500. The normalized spacial score (nSPS) is 12.9. The van der Waals surface area contributed by atoms with Gasteiger partial charge in [-0.3, -0.25) is 0 Å². The van der Waals surface area contributed by atoms with Gasteiger partial charge in [-0.15, -0.1) is 0 Å². The maximum atomic E-state index is 11.7. The van der Waals surface area contributed by atoms with Gasteiger partial charge >= 0.3 is 6.09 Å². The Balaban J connectivity index is 2.57. The highest BCUT2D eigenvalue weighted by Gasteiger charge is 2.21. The molecule has 0 unspecified atom stereocenters. The third kappa shape index (κ3) is 4.69. The zero-order valence-corrected chi connectivity index (χ0v) is 12.9. The minimum atomic E-state index is -0.427. The lowest BCUT2D eigenvalue weighted by atomic mass is 10.1. The zero-order valence-electron chi connectivity index (χ0n) is 11.3. The number of alkyl carbamates (subject to hydrolysis) is 1. The minimum Gasteiger partial charge on any atom is -0.444 e. The summed E-state index contributed by atoms with van der Waals surface area (Å²) >= 11 is 3.38. The van der Waals surface area contributed by atoms with E-state index in [2.05, 4.69) is 21.2 Å². The van der Waals surface area contributed by atoms with Crippen molar-refractivity contribution < 1.29 is 9.53 Å². The molecule has 1 aromatic carbocycles. The predicted octanol–water partition coefficient (Wildman–Crippen LogP) is 4.42. The van der Waals surface area contributed by atoms with Crippen molar-refractivity contribution in [2.75, 3.05) is 0 Å². The first-order valence-corrected chi connectivity index (χ1v) is 6.88. The van der Waals surface area contributed by atoms with Crippen LogP contribution in [0.5, 0.6) is 0 Å². The number of rotatable bonds is 4. The summed E-state index contributed by atoms with van der Waals surface area (Å²) < 4.78 is 6.37. The number of halogens is 1. The van der Waals surface area contributed by atoms with Crippen LogP contribution in [0.25, 0.3) is 0 Å². The second-order valence-corrected chi connectivity index (χ2v) is 5.84. The topological polar surface area (TPSA) is 38.3 Å². The van der Waals surface area contributed by atoms with Crippen LogP contribution < -0.4 is 5.32 Å². The van der Waals surface area contributed by atoms with E-state index in [0.29, 0.717) is 0 Å². The number of hydrogen-bond acceptors (Lipinski definition) is 2. The smallest absolute Gasteiger partial charge is 0.408 e. The van der Waals surface area contributed by atoms with Crippen molar-refractivity contribution in [3.63, 3.8) is 0 Å². The number of carbonyl (C=O) groups is 1. The summed E-state index contributed by atoms with van der Waals surface area (Å²) in [6, 6.07) is 7.78. The Morgan fingerprint density at radius 1 is 1.39 bits per heavy atom. The number of amides is 1. The highest BCUT2D eigenvalue weighted by Crippen LogP contribution is 2.18. The van der Waals surface area contributed by atoms with E-state index in [1.807, 2.05) is 52.0 Å². The summed E-state index contributed by atoms with van der Waals surface area (Å²) in [5, 5.41) is 2.83. The van der Waals surface area contributed by atoms with Crippen LogP contribution >= 0.6 is 15.9 Å². The van der Waals surface area contributed by atoms with E-state index in [-0.39, 0.29) is 12.1 Å². The molecule has 0 fully saturated rings. The Bertz CT molecular complexity index is 401. The van der Waals surface area contributed by atoms with Crippen LogP contribution in [0.4, 0.5) is 4.79 Å². The van der Waals surface area contributed by atoms with Crippen LogP contribution in [-0.2, 0) is 4.74 Å². The number of benzene rings is 1. The highest BCUT2D eigenvalue weighted by atomic mass is 79.9. The lowest BCUT2D eigenvalue weighted by molar-refractivity contribution is 0.0346. The summed E-state index contributed by atoms with van der Waals surface area (Å²) in [4.78, 5) is 11.7. The van der Waals surface area contributed by atoms with E-state index in [1.54, 1.807) is 0 Å². The minimum absolute atomic E-state index is 0.0711. The van der Waals surface area contributed by atoms with Gasteiger partial charge in [-0.05, 0) is 44.9 Å². The van der Waals surface area contributed by atoms with Gasteiger partial charge in [0.1, 0.15) is 5.60 Å². The van der Waals surface area contributed by atoms with Gasteiger partial charge in [-0.25, -0.2) is 4.79 Å². The van der Waals surface area contributed by atoms with Gasteiger partial charge in [0.05, 0.1) is 6.04 Å². The molecule has 0 spiro atoms. The molecule has 0 aromatic heterocycles. The average molecular weight is 314 g/mol. The maximum absolute atomic E-state index is 11.7. The molecule has 0 aliphatic carbocycles. The number of carbonyl (C=O) groups excluding carboxylic acids is 1. The Kier molecular flexibility index (Phi) is 5.20. The van der Waals surface area contributed by atoms with Crippen LogP contribution in [0, 0.1) is 0 Å². The van der Waals surface area contributed by atoms with Gasteiger partial charge in [0.15, 0.2) is 0 Å². The molecule has 1 N–H and O–H groups in total. The van der Waals surface area contributed by atoms with Crippen molar-refractivity contribution >= 4 is 22.0 Å². The van der Waals surface area contributed by atoms with Gasteiger partial charge < -0.3 is 10.1 Å². The van der Waals surface area contributed by atoms with Gasteiger partial charge in [-0.1, -0.05) is 35.0 Å². The van der Waals surface area contributed by atoms with E-state index in [4.69, 9.17) is 4.74 Å². The fourth-order valence-corrected chi connectivity index (χ4v) is 1.63. The summed E-state index contributed by atoms with van der Waals surface area (Å²) in [7, 11) is 0. The maximum Gasteiger partial charge on any atom is 0.408 e. The molecule has 0 saturated carbocycles. The molecular formula is C14H20BrNO2. The van der Waals surface area contributed by atoms with E-state index in [9.17, 15) is 4.79 Å². The Morgan fingerprint density at radius 3 is 2.44 bits per heavy atom. The molecule has 4 heteroatoms. The summed E-state index contributed by atoms with van der Waals surface area (Å²) in [6.45, 7) is 7.72. The van der Waals surface area contributed by atoms with Crippen LogP contribution in [0.1, 0.15) is 45.7 Å². The molecule has 1 amide bonds.